The molecule has 0 radical (unpaired) electrons. The van der Waals surface area contributed by atoms with Crippen molar-refractivity contribution in [1.29, 1.82) is 0 Å². The SMILES string of the molecule is CCCCN(CC(N)=O)C(=O)C(C)CCN. The maximum atomic E-state index is 11.9. The Kier molecular flexibility index (Phi) is 7.54. The summed E-state index contributed by atoms with van der Waals surface area (Å²) < 4.78 is 0. The van der Waals surface area contributed by atoms with E-state index in [-0.39, 0.29) is 18.4 Å². The molecule has 1 atom stereocenters. The van der Waals surface area contributed by atoms with Gasteiger partial charge in [-0.25, -0.2) is 0 Å². The fourth-order valence-electron chi connectivity index (χ4n) is 1.49. The van der Waals surface area contributed by atoms with Crippen LogP contribution in [0.25, 0.3) is 0 Å². The Balaban J connectivity index is 4.35. The Morgan fingerprint density at radius 2 is 2.00 bits per heavy atom. The molecule has 0 aromatic carbocycles. The van der Waals surface area contributed by atoms with Gasteiger partial charge in [0.2, 0.25) is 11.8 Å². The van der Waals surface area contributed by atoms with Crippen LogP contribution in [-0.4, -0.2) is 36.3 Å². The van der Waals surface area contributed by atoms with Crippen molar-refractivity contribution in [2.45, 2.75) is 33.1 Å². The Bertz CT molecular complexity index is 231. The minimum absolute atomic E-state index is 0.00768. The van der Waals surface area contributed by atoms with Crippen LogP contribution in [0, 0.1) is 5.92 Å². The average Bonchev–Trinajstić information content (AvgIpc) is 2.23. The lowest BCUT2D eigenvalue weighted by atomic mass is 10.1. The Labute approximate surface area is 97.2 Å². The number of hydrogen-bond donors (Lipinski definition) is 2. The van der Waals surface area contributed by atoms with Crippen molar-refractivity contribution >= 4 is 11.8 Å². The number of nitrogens with zero attached hydrogens (tertiary/aromatic N) is 1. The first-order valence-electron chi connectivity index (χ1n) is 5.80. The van der Waals surface area contributed by atoms with Gasteiger partial charge in [-0.3, -0.25) is 9.59 Å². The third-order valence-corrected chi connectivity index (χ3v) is 2.46. The van der Waals surface area contributed by atoms with Crippen molar-refractivity contribution in [3.05, 3.63) is 0 Å². The third-order valence-electron chi connectivity index (χ3n) is 2.46. The van der Waals surface area contributed by atoms with Gasteiger partial charge in [0.25, 0.3) is 0 Å². The number of unbranched alkanes of at least 4 members (excludes halogenated alkanes) is 1. The molecular weight excluding hydrogens is 206 g/mol. The van der Waals surface area contributed by atoms with Crippen molar-refractivity contribution in [2.24, 2.45) is 17.4 Å². The number of amides is 2. The zero-order valence-corrected chi connectivity index (χ0v) is 10.2. The molecule has 0 saturated heterocycles. The van der Waals surface area contributed by atoms with Crippen LogP contribution >= 0.6 is 0 Å². The molecule has 0 rings (SSSR count). The summed E-state index contributed by atoms with van der Waals surface area (Å²) in [5.74, 6) is -0.636. The molecule has 0 aromatic heterocycles. The van der Waals surface area contributed by atoms with Crippen molar-refractivity contribution in [1.82, 2.24) is 4.90 Å². The average molecular weight is 229 g/mol. The number of carbonyl (C=O) groups is 2. The Hall–Kier alpha value is -1.10. The topological polar surface area (TPSA) is 89.4 Å². The molecule has 0 aliphatic heterocycles. The smallest absolute Gasteiger partial charge is 0.237 e. The first-order chi connectivity index (χ1) is 7.52. The van der Waals surface area contributed by atoms with Gasteiger partial charge in [-0.2, -0.15) is 0 Å². The molecule has 0 aliphatic carbocycles. The fraction of sp³-hybridized carbons (Fsp3) is 0.818. The van der Waals surface area contributed by atoms with E-state index in [2.05, 4.69) is 0 Å². The molecule has 0 spiro atoms. The van der Waals surface area contributed by atoms with Gasteiger partial charge < -0.3 is 16.4 Å². The molecule has 0 aliphatic rings. The van der Waals surface area contributed by atoms with E-state index in [4.69, 9.17) is 11.5 Å². The first-order valence-corrected chi connectivity index (χ1v) is 5.80. The van der Waals surface area contributed by atoms with Crippen LogP contribution in [0.3, 0.4) is 0 Å². The zero-order valence-electron chi connectivity index (χ0n) is 10.2. The minimum atomic E-state index is -0.468. The molecule has 2 amide bonds. The number of hydrogen-bond acceptors (Lipinski definition) is 3. The van der Waals surface area contributed by atoms with Gasteiger partial charge in [-0.05, 0) is 19.4 Å². The van der Waals surface area contributed by atoms with E-state index >= 15 is 0 Å². The van der Waals surface area contributed by atoms with Crippen molar-refractivity contribution < 1.29 is 9.59 Å². The van der Waals surface area contributed by atoms with E-state index in [1.165, 1.54) is 4.90 Å². The highest BCUT2D eigenvalue weighted by atomic mass is 16.2. The van der Waals surface area contributed by atoms with Gasteiger partial charge in [0, 0.05) is 12.5 Å². The number of primary amides is 1. The predicted molar refractivity (Wildman–Crippen MR) is 63.5 cm³/mol. The zero-order chi connectivity index (χ0) is 12.6. The highest BCUT2D eigenvalue weighted by Gasteiger charge is 2.20. The van der Waals surface area contributed by atoms with Crippen molar-refractivity contribution in [3.63, 3.8) is 0 Å². The number of rotatable bonds is 8. The molecule has 5 heteroatoms. The first kappa shape index (κ1) is 14.9. The van der Waals surface area contributed by atoms with E-state index < -0.39 is 5.91 Å². The summed E-state index contributed by atoms with van der Waals surface area (Å²) in [4.78, 5) is 24.3. The van der Waals surface area contributed by atoms with Gasteiger partial charge in [0.15, 0.2) is 0 Å². The molecule has 0 bridgehead atoms. The van der Waals surface area contributed by atoms with E-state index in [0.717, 1.165) is 12.8 Å². The third kappa shape index (κ3) is 5.70. The second-order valence-corrected chi connectivity index (χ2v) is 4.06. The summed E-state index contributed by atoms with van der Waals surface area (Å²) in [6, 6.07) is 0. The molecule has 16 heavy (non-hydrogen) atoms. The van der Waals surface area contributed by atoms with Crippen LogP contribution in [0.2, 0.25) is 0 Å². The van der Waals surface area contributed by atoms with Gasteiger partial charge in [0.1, 0.15) is 0 Å². The van der Waals surface area contributed by atoms with Gasteiger partial charge in [0.05, 0.1) is 6.54 Å². The molecule has 0 aromatic rings. The predicted octanol–water partition coefficient (Wildman–Crippen LogP) is 0.0853. The summed E-state index contributed by atoms with van der Waals surface area (Å²) in [6.07, 6.45) is 2.50. The summed E-state index contributed by atoms with van der Waals surface area (Å²) in [5.41, 5.74) is 10.5. The summed E-state index contributed by atoms with van der Waals surface area (Å²) in [7, 11) is 0. The van der Waals surface area contributed by atoms with Gasteiger partial charge >= 0.3 is 0 Å². The van der Waals surface area contributed by atoms with E-state index in [1.807, 2.05) is 13.8 Å². The molecule has 0 fully saturated rings. The lowest BCUT2D eigenvalue weighted by Crippen LogP contribution is -2.42. The molecule has 1 unspecified atom stereocenters. The normalized spacial score (nSPS) is 12.2. The standard InChI is InChI=1S/C11H23N3O2/c1-3-4-7-14(8-10(13)15)11(16)9(2)5-6-12/h9H,3-8,12H2,1-2H3,(H2,13,15). The van der Waals surface area contributed by atoms with Crippen LogP contribution in [0.15, 0.2) is 0 Å². The quantitative estimate of drug-likeness (QED) is 0.618. The molecule has 4 N–H and O–H groups in total. The van der Waals surface area contributed by atoms with Gasteiger partial charge in [-0.1, -0.05) is 20.3 Å². The maximum Gasteiger partial charge on any atom is 0.237 e. The Morgan fingerprint density at radius 1 is 1.38 bits per heavy atom. The van der Waals surface area contributed by atoms with E-state index in [1.54, 1.807) is 0 Å². The van der Waals surface area contributed by atoms with Crippen LogP contribution in [-0.2, 0) is 9.59 Å². The van der Waals surface area contributed by atoms with E-state index in [9.17, 15) is 9.59 Å². The lowest BCUT2D eigenvalue weighted by molar-refractivity contribution is -0.138. The molecule has 0 saturated carbocycles. The molecular formula is C11H23N3O2. The molecule has 0 heterocycles. The second-order valence-electron chi connectivity index (χ2n) is 4.06. The summed E-state index contributed by atoms with van der Waals surface area (Å²) in [5, 5.41) is 0. The second kappa shape index (κ2) is 8.10. The fourth-order valence-corrected chi connectivity index (χ4v) is 1.49. The van der Waals surface area contributed by atoms with Crippen LogP contribution in [0.1, 0.15) is 33.1 Å². The summed E-state index contributed by atoms with van der Waals surface area (Å²) in [6.45, 7) is 4.94. The van der Waals surface area contributed by atoms with E-state index in [0.29, 0.717) is 19.5 Å². The highest BCUT2D eigenvalue weighted by molar-refractivity contribution is 5.84. The molecule has 94 valence electrons. The molecule has 5 nitrogen and oxygen atoms in total. The monoisotopic (exact) mass is 229 g/mol. The van der Waals surface area contributed by atoms with Crippen LogP contribution in [0.4, 0.5) is 0 Å². The minimum Gasteiger partial charge on any atom is -0.368 e. The van der Waals surface area contributed by atoms with Crippen LogP contribution in [0.5, 0.6) is 0 Å². The van der Waals surface area contributed by atoms with Gasteiger partial charge in [-0.15, -0.1) is 0 Å². The van der Waals surface area contributed by atoms with Crippen LogP contribution < -0.4 is 11.5 Å². The number of carbonyl (C=O) groups excluding carboxylic acids is 2. The van der Waals surface area contributed by atoms with Crippen molar-refractivity contribution in [2.75, 3.05) is 19.6 Å². The Morgan fingerprint density at radius 3 is 2.44 bits per heavy atom. The maximum absolute atomic E-state index is 11.9. The van der Waals surface area contributed by atoms with Crippen molar-refractivity contribution in [3.8, 4) is 0 Å². The largest absolute Gasteiger partial charge is 0.368 e. The summed E-state index contributed by atoms with van der Waals surface area (Å²) >= 11 is 0. The number of nitrogens with two attached hydrogens (primary N) is 2. The highest BCUT2D eigenvalue weighted by Crippen LogP contribution is 2.07. The lowest BCUT2D eigenvalue weighted by Gasteiger charge is -2.24.